The Morgan fingerprint density at radius 3 is 2.96 bits per heavy atom. The number of aromatic nitrogens is 1. The summed E-state index contributed by atoms with van der Waals surface area (Å²) in [5, 5.41) is 7.47. The predicted octanol–water partition coefficient (Wildman–Crippen LogP) is 2.83. The van der Waals surface area contributed by atoms with Gasteiger partial charge in [0.15, 0.2) is 5.13 Å². The van der Waals surface area contributed by atoms with E-state index in [0.717, 1.165) is 60.1 Å². The summed E-state index contributed by atoms with van der Waals surface area (Å²) in [5.41, 5.74) is 1.90. The lowest BCUT2D eigenvalue weighted by atomic mass is 9.99. The first kappa shape index (κ1) is 14.9. The van der Waals surface area contributed by atoms with Gasteiger partial charge in [-0.2, -0.15) is 0 Å². The molecule has 2 aromatic rings. The number of hydrogen-bond donors (Lipinski definition) is 2. The molecule has 4 rings (SSSR count). The molecule has 0 spiro atoms. The standard InChI is InChI=1S/C17H22N4OS/c22-16(12-4-3-7-18-11-12)19-13-5-6-14-15(10-13)23-17(20-14)21-8-1-2-9-21/h5-6,10,12,18H,1-4,7-9,11H2,(H,19,22). The molecule has 23 heavy (non-hydrogen) atoms. The zero-order valence-corrected chi connectivity index (χ0v) is 14.0. The summed E-state index contributed by atoms with van der Waals surface area (Å²) >= 11 is 1.72. The van der Waals surface area contributed by atoms with E-state index in [0.29, 0.717) is 0 Å². The second-order valence-corrected chi connectivity index (χ2v) is 7.41. The van der Waals surface area contributed by atoms with Gasteiger partial charge in [-0.3, -0.25) is 4.79 Å². The summed E-state index contributed by atoms with van der Waals surface area (Å²) in [7, 11) is 0. The third-order valence-corrected chi connectivity index (χ3v) is 5.77. The molecule has 6 heteroatoms. The first-order valence-electron chi connectivity index (χ1n) is 8.47. The van der Waals surface area contributed by atoms with Gasteiger partial charge in [0, 0.05) is 25.3 Å². The minimum absolute atomic E-state index is 0.0843. The number of anilines is 2. The van der Waals surface area contributed by atoms with Gasteiger partial charge in [0.2, 0.25) is 5.91 Å². The van der Waals surface area contributed by atoms with Gasteiger partial charge in [-0.25, -0.2) is 4.98 Å². The maximum atomic E-state index is 12.3. The highest BCUT2D eigenvalue weighted by molar-refractivity contribution is 7.22. The summed E-state index contributed by atoms with van der Waals surface area (Å²) in [5.74, 6) is 0.210. The first-order chi connectivity index (χ1) is 11.3. The van der Waals surface area contributed by atoms with Crippen LogP contribution in [0, 0.1) is 5.92 Å². The zero-order chi connectivity index (χ0) is 15.6. The molecule has 3 heterocycles. The molecule has 1 amide bonds. The van der Waals surface area contributed by atoms with Gasteiger partial charge in [-0.15, -0.1) is 0 Å². The summed E-state index contributed by atoms with van der Waals surface area (Å²) in [6.07, 6.45) is 4.56. The number of nitrogens with one attached hydrogen (secondary N) is 2. The van der Waals surface area contributed by atoms with Crippen LogP contribution in [-0.2, 0) is 4.79 Å². The Morgan fingerprint density at radius 1 is 1.30 bits per heavy atom. The van der Waals surface area contributed by atoms with E-state index in [4.69, 9.17) is 4.98 Å². The molecule has 2 saturated heterocycles. The van der Waals surface area contributed by atoms with Crippen LogP contribution < -0.4 is 15.5 Å². The maximum Gasteiger partial charge on any atom is 0.228 e. The lowest BCUT2D eigenvalue weighted by molar-refractivity contribution is -0.120. The lowest BCUT2D eigenvalue weighted by Crippen LogP contribution is -2.37. The third-order valence-electron chi connectivity index (χ3n) is 4.69. The van der Waals surface area contributed by atoms with Crippen LogP contribution in [0.25, 0.3) is 10.2 Å². The average Bonchev–Trinajstić information content (AvgIpc) is 3.24. The van der Waals surface area contributed by atoms with Crippen molar-refractivity contribution >= 4 is 38.3 Å². The number of benzene rings is 1. The number of amides is 1. The largest absolute Gasteiger partial charge is 0.348 e. The molecule has 0 bridgehead atoms. The molecule has 1 atom stereocenters. The van der Waals surface area contributed by atoms with Crippen molar-refractivity contribution in [1.82, 2.24) is 10.3 Å². The van der Waals surface area contributed by atoms with Crippen molar-refractivity contribution in [3.8, 4) is 0 Å². The Hall–Kier alpha value is -1.66. The van der Waals surface area contributed by atoms with E-state index in [1.807, 2.05) is 12.1 Å². The topological polar surface area (TPSA) is 57.3 Å². The fraction of sp³-hybridized carbons (Fsp3) is 0.529. The van der Waals surface area contributed by atoms with Gasteiger partial charge in [-0.1, -0.05) is 11.3 Å². The number of thiazole rings is 1. The van der Waals surface area contributed by atoms with Crippen molar-refractivity contribution in [3.05, 3.63) is 18.2 Å². The molecule has 0 saturated carbocycles. The van der Waals surface area contributed by atoms with Crippen LogP contribution in [-0.4, -0.2) is 37.1 Å². The molecule has 2 aliphatic heterocycles. The van der Waals surface area contributed by atoms with E-state index in [-0.39, 0.29) is 11.8 Å². The molecule has 1 unspecified atom stereocenters. The summed E-state index contributed by atoms with van der Waals surface area (Å²) in [4.78, 5) is 19.4. The molecule has 122 valence electrons. The van der Waals surface area contributed by atoms with E-state index in [1.54, 1.807) is 11.3 Å². The van der Waals surface area contributed by atoms with Crippen molar-refractivity contribution in [2.75, 3.05) is 36.4 Å². The summed E-state index contributed by atoms with van der Waals surface area (Å²) < 4.78 is 1.14. The quantitative estimate of drug-likeness (QED) is 0.908. The molecular formula is C17H22N4OS. The number of nitrogens with zero attached hydrogens (tertiary/aromatic N) is 2. The highest BCUT2D eigenvalue weighted by Crippen LogP contribution is 2.32. The normalized spacial score (nSPS) is 21.7. The van der Waals surface area contributed by atoms with Crippen LogP contribution >= 0.6 is 11.3 Å². The SMILES string of the molecule is O=C(Nc1ccc2nc(N3CCCC3)sc2c1)C1CCCNC1. The minimum atomic E-state index is 0.0843. The van der Waals surface area contributed by atoms with Gasteiger partial charge in [-0.05, 0) is 50.4 Å². The second kappa shape index (κ2) is 6.45. The van der Waals surface area contributed by atoms with Gasteiger partial charge in [0.1, 0.15) is 0 Å². The highest BCUT2D eigenvalue weighted by atomic mass is 32.1. The van der Waals surface area contributed by atoms with Crippen molar-refractivity contribution in [2.24, 2.45) is 5.92 Å². The Balaban J connectivity index is 1.50. The predicted molar refractivity (Wildman–Crippen MR) is 95.3 cm³/mol. The number of fused-ring (bicyclic) bond motifs is 1. The smallest absolute Gasteiger partial charge is 0.228 e. The molecule has 1 aromatic carbocycles. The van der Waals surface area contributed by atoms with Crippen molar-refractivity contribution < 1.29 is 4.79 Å². The molecular weight excluding hydrogens is 308 g/mol. The van der Waals surface area contributed by atoms with Gasteiger partial charge >= 0.3 is 0 Å². The Bertz CT molecular complexity index is 702. The van der Waals surface area contributed by atoms with Crippen LogP contribution in [0.4, 0.5) is 10.8 Å². The van der Waals surface area contributed by atoms with Crippen molar-refractivity contribution in [1.29, 1.82) is 0 Å². The van der Waals surface area contributed by atoms with E-state index in [2.05, 4.69) is 21.6 Å². The Labute approximate surface area is 140 Å². The van der Waals surface area contributed by atoms with Crippen LogP contribution in [0.2, 0.25) is 0 Å². The Kier molecular flexibility index (Phi) is 4.18. The van der Waals surface area contributed by atoms with Crippen molar-refractivity contribution in [3.63, 3.8) is 0 Å². The van der Waals surface area contributed by atoms with Gasteiger partial charge in [0.05, 0.1) is 16.1 Å². The van der Waals surface area contributed by atoms with E-state index in [1.165, 1.54) is 12.8 Å². The van der Waals surface area contributed by atoms with Crippen LogP contribution in [0.1, 0.15) is 25.7 Å². The summed E-state index contributed by atoms with van der Waals surface area (Å²) in [6, 6.07) is 6.03. The Morgan fingerprint density at radius 2 is 2.17 bits per heavy atom. The highest BCUT2D eigenvalue weighted by Gasteiger charge is 2.21. The fourth-order valence-electron chi connectivity index (χ4n) is 3.35. The van der Waals surface area contributed by atoms with Gasteiger partial charge in [0.25, 0.3) is 0 Å². The molecule has 2 N–H and O–H groups in total. The van der Waals surface area contributed by atoms with Crippen LogP contribution in [0.15, 0.2) is 18.2 Å². The fourth-order valence-corrected chi connectivity index (χ4v) is 4.41. The average molecular weight is 330 g/mol. The molecule has 0 aliphatic carbocycles. The first-order valence-corrected chi connectivity index (χ1v) is 9.28. The van der Waals surface area contributed by atoms with Crippen LogP contribution in [0.5, 0.6) is 0 Å². The number of carbonyl (C=O) groups excluding carboxylic acids is 1. The van der Waals surface area contributed by atoms with E-state index < -0.39 is 0 Å². The van der Waals surface area contributed by atoms with E-state index in [9.17, 15) is 4.79 Å². The number of carbonyl (C=O) groups is 1. The summed E-state index contributed by atoms with van der Waals surface area (Å²) in [6.45, 7) is 4.03. The molecule has 2 aliphatic rings. The number of rotatable bonds is 3. The molecule has 2 fully saturated rings. The third kappa shape index (κ3) is 3.19. The zero-order valence-electron chi connectivity index (χ0n) is 13.2. The van der Waals surface area contributed by atoms with Crippen molar-refractivity contribution in [2.45, 2.75) is 25.7 Å². The number of piperidine rings is 1. The van der Waals surface area contributed by atoms with Crippen LogP contribution in [0.3, 0.4) is 0 Å². The molecule has 5 nitrogen and oxygen atoms in total. The van der Waals surface area contributed by atoms with Gasteiger partial charge < -0.3 is 15.5 Å². The monoisotopic (exact) mass is 330 g/mol. The molecule has 1 aromatic heterocycles. The maximum absolute atomic E-state index is 12.3. The minimum Gasteiger partial charge on any atom is -0.348 e. The van der Waals surface area contributed by atoms with E-state index >= 15 is 0 Å². The second-order valence-electron chi connectivity index (χ2n) is 6.41. The lowest BCUT2D eigenvalue weighted by Gasteiger charge is -2.21. The molecule has 0 radical (unpaired) electrons. The number of hydrogen-bond acceptors (Lipinski definition) is 5.